The van der Waals surface area contributed by atoms with Crippen molar-refractivity contribution >= 4 is 11.6 Å². The third-order valence-electron chi connectivity index (χ3n) is 2.85. The van der Waals surface area contributed by atoms with E-state index in [1.165, 1.54) is 0 Å². The molecule has 9 heteroatoms. The summed E-state index contributed by atoms with van der Waals surface area (Å²) >= 11 is 0. The van der Waals surface area contributed by atoms with E-state index in [0.29, 0.717) is 37.6 Å². The van der Waals surface area contributed by atoms with E-state index in [1.807, 2.05) is 20.8 Å². The molecule has 0 bridgehead atoms. The maximum Gasteiger partial charge on any atom is 0.251 e. The van der Waals surface area contributed by atoms with E-state index in [2.05, 4.69) is 20.7 Å². The van der Waals surface area contributed by atoms with Gasteiger partial charge in [-0.1, -0.05) is 17.2 Å². The Kier molecular flexibility index (Phi) is 8.90. The van der Waals surface area contributed by atoms with Crippen LogP contribution >= 0.6 is 0 Å². The lowest BCUT2D eigenvalue weighted by Gasteiger charge is -2.24. The quantitative estimate of drug-likeness (QED) is 0.195. The normalized spacial score (nSPS) is 12.3. The van der Waals surface area contributed by atoms with Crippen molar-refractivity contribution in [1.82, 2.24) is 10.6 Å². The van der Waals surface area contributed by atoms with Crippen LogP contribution in [0.15, 0.2) is 29.4 Å². The standard InChI is InChI=1S/C16H25N5O4/c1-16(2,3)25-15(23)19-9-11-24-10-8-18-14(22)12-4-6-13(7-5-12)20-21-17/h4-7,15,19,23H,8-11H2,1-3H3,(H,18,22). The monoisotopic (exact) mass is 351 g/mol. The summed E-state index contributed by atoms with van der Waals surface area (Å²) in [6.07, 6.45) is -1.04. The number of hydrogen-bond donors (Lipinski definition) is 3. The zero-order valence-electron chi connectivity index (χ0n) is 14.7. The van der Waals surface area contributed by atoms with E-state index in [-0.39, 0.29) is 5.91 Å². The third kappa shape index (κ3) is 9.65. The molecule has 3 N–H and O–H groups in total. The Labute approximate surface area is 146 Å². The largest absolute Gasteiger partial charge is 0.378 e. The van der Waals surface area contributed by atoms with E-state index in [9.17, 15) is 9.90 Å². The second kappa shape index (κ2) is 10.7. The van der Waals surface area contributed by atoms with Crippen LogP contribution in [-0.4, -0.2) is 49.3 Å². The number of carbonyl (C=O) groups is 1. The summed E-state index contributed by atoms with van der Waals surface area (Å²) in [5.41, 5.74) is 8.81. The van der Waals surface area contributed by atoms with E-state index in [4.69, 9.17) is 15.0 Å². The average molecular weight is 351 g/mol. The van der Waals surface area contributed by atoms with E-state index >= 15 is 0 Å². The number of aliphatic hydroxyl groups is 1. The highest BCUT2D eigenvalue weighted by molar-refractivity contribution is 5.94. The smallest absolute Gasteiger partial charge is 0.251 e. The second-order valence-electron chi connectivity index (χ2n) is 6.14. The molecule has 1 aromatic rings. The first-order chi connectivity index (χ1) is 11.8. The fourth-order valence-corrected chi connectivity index (χ4v) is 1.80. The highest BCUT2D eigenvalue weighted by Crippen LogP contribution is 2.12. The van der Waals surface area contributed by atoms with Crippen LogP contribution in [0.4, 0.5) is 5.69 Å². The Morgan fingerprint density at radius 1 is 1.28 bits per heavy atom. The molecule has 138 valence electrons. The Morgan fingerprint density at radius 3 is 2.52 bits per heavy atom. The van der Waals surface area contributed by atoms with Gasteiger partial charge in [-0.15, -0.1) is 0 Å². The summed E-state index contributed by atoms with van der Waals surface area (Å²) in [7, 11) is 0. The number of hydrogen-bond acceptors (Lipinski definition) is 6. The van der Waals surface area contributed by atoms with Crippen molar-refractivity contribution in [3.05, 3.63) is 40.3 Å². The minimum atomic E-state index is -1.04. The molecule has 0 aromatic heterocycles. The molecule has 0 saturated carbocycles. The molecule has 1 unspecified atom stereocenters. The molecule has 1 aromatic carbocycles. The number of amides is 1. The van der Waals surface area contributed by atoms with Gasteiger partial charge in [0.2, 0.25) is 6.41 Å². The first-order valence-corrected chi connectivity index (χ1v) is 7.92. The summed E-state index contributed by atoms with van der Waals surface area (Å²) in [5, 5.41) is 18.5. The van der Waals surface area contributed by atoms with Crippen LogP contribution in [-0.2, 0) is 9.47 Å². The van der Waals surface area contributed by atoms with E-state index in [1.54, 1.807) is 24.3 Å². The molecular weight excluding hydrogens is 326 g/mol. The van der Waals surface area contributed by atoms with Crippen LogP contribution in [0.5, 0.6) is 0 Å². The number of rotatable bonds is 10. The molecule has 1 atom stereocenters. The lowest BCUT2D eigenvalue weighted by molar-refractivity contribution is -0.182. The van der Waals surface area contributed by atoms with Gasteiger partial charge in [0.05, 0.1) is 18.8 Å². The first kappa shape index (κ1) is 20.9. The Bertz CT molecular complexity index is 579. The van der Waals surface area contributed by atoms with Gasteiger partial charge in [-0.3, -0.25) is 10.1 Å². The van der Waals surface area contributed by atoms with Gasteiger partial charge in [-0.25, -0.2) is 0 Å². The lowest BCUT2D eigenvalue weighted by atomic mass is 10.2. The van der Waals surface area contributed by atoms with Crippen LogP contribution in [0.2, 0.25) is 0 Å². The fraction of sp³-hybridized carbons (Fsp3) is 0.562. The zero-order chi connectivity index (χ0) is 18.7. The molecule has 25 heavy (non-hydrogen) atoms. The SMILES string of the molecule is CC(C)(C)OC(O)NCCOCCNC(=O)c1ccc(N=[N+]=[N-])cc1. The lowest BCUT2D eigenvalue weighted by Crippen LogP contribution is -2.39. The molecule has 1 amide bonds. The Morgan fingerprint density at radius 2 is 1.92 bits per heavy atom. The van der Waals surface area contributed by atoms with Crippen LogP contribution in [0, 0.1) is 0 Å². The van der Waals surface area contributed by atoms with Crippen molar-refractivity contribution in [2.75, 3.05) is 26.3 Å². The second-order valence-corrected chi connectivity index (χ2v) is 6.14. The number of azide groups is 1. The van der Waals surface area contributed by atoms with Gasteiger partial charge >= 0.3 is 0 Å². The van der Waals surface area contributed by atoms with Crippen molar-refractivity contribution in [3.63, 3.8) is 0 Å². The molecule has 0 aliphatic heterocycles. The maximum absolute atomic E-state index is 11.9. The molecule has 0 saturated heterocycles. The molecule has 0 heterocycles. The first-order valence-electron chi connectivity index (χ1n) is 7.92. The van der Waals surface area contributed by atoms with Gasteiger partial charge in [-0.2, -0.15) is 0 Å². The van der Waals surface area contributed by atoms with Crippen molar-refractivity contribution in [2.45, 2.75) is 32.8 Å². The Balaban J connectivity index is 2.13. The summed E-state index contributed by atoms with van der Waals surface area (Å²) in [6, 6.07) is 6.31. The number of aliphatic hydroxyl groups excluding tert-OH is 1. The topological polar surface area (TPSA) is 129 Å². The van der Waals surface area contributed by atoms with E-state index in [0.717, 1.165) is 0 Å². The van der Waals surface area contributed by atoms with Gasteiger partial charge in [0.1, 0.15) is 0 Å². The number of benzene rings is 1. The van der Waals surface area contributed by atoms with Gasteiger partial charge in [0, 0.05) is 29.3 Å². The molecule has 0 fully saturated rings. The zero-order valence-corrected chi connectivity index (χ0v) is 14.7. The molecule has 0 spiro atoms. The number of nitrogens with zero attached hydrogens (tertiary/aromatic N) is 3. The summed E-state index contributed by atoms with van der Waals surface area (Å²) in [4.78, 5) is 14.6. The van der Waals surface area contributed by atoms with E-state index < -0.39 is 12.0 Å². The minimum Gasteiger partial charge on any atom is -0.378 e. The molecular formula is C16H25N5O4. The highest BCUT2D eigenvalue weighted by atomic mass is 16.6. The fourth-order valence-electron chi connectivity index (χ4n) is 1.80. The highest BCUT2D eigenvalue weighted by Gasteiger charge is 2.15. The molecule has 9 nitrogen and oxygen atoms in total. The predicted octanol–water partition coefficient (Wildman–Crippen LogP) is 2.06. The van der Waals surface area contributed by atoms with Crippen LogP contribution in [0.3, 0.4) is 0 Å². The summed E-state index contributed by atoms with van der Waals surface area (Å²) in [6.45, 7) is 7.05. The van der Waals surface area contributed by atoms with Crippen molar-refractivity contribution in [2.24, 2.45) is 5.11 Å². The maximum atomic E-state index is 11.9. The Hall–Kier alpha value is -2.16. The molecule has 1 rings (SSSR count). The predicted molar refractivity (Wildman–Crippen MR) is 93.2 cm³/mol. The minimum absolute atomic E-state index is 0.233. The molecule has 0 radical (unpaired) electrons. The van der Waals surface area contributed by atoms with Gasteiger partial charge < -0.3 is 19.9 Å². The average Bonchev–Trinajstić information content (AvgIpc) is 2.53. The van der Waals surface area contributed by atoms with Crippen LogP contribution in [0.1, 0.15) is 31.1 Å². The van der Waals surface area contributed by atoms with Crippen molar-refractivity contribution in [1.29, 1.82) is 0 Å². The van der Waals surface area contributed by atoms with Crippen molar-refractivity contribution in [3.8, 4) is 0 Å². The van der Waals surface area contributed by atoms with Gasteiger partial charge in [-0.05, 0) is 38.4 Å². The third-order valence-corrected chi connectivity index (χ3v) is 2.85. The number of carbonyl (C=O) groups excluding carboxylic acids is 1. The molecule has 0 aliphatic rings. The van der Waals surface area contributed by atoms with Gasteiger partial charge in [0.15, 0.2) is 0 Å². The number of ether oxygens (including phenoxy) is 2. The summed E-state index contributed by atoms with van der Waals surface area (Å²) in [5.74, 6) is -0.233. The molecule has 0 aliphatic carbocycles. The van der Waals surface area contributed by atoms with Gasteiger partial charge in [0.25, 0.3) is 5.91 Å². The van der Waals surface area contributed by atoms with Crippen LogP contribution in [0.25, 0.3) is 10.4 Å². The summed E-state index contributed by atoms with van der Waals surface area (Å²) < 4.78 is 10.6. The number of nitrogens with one attached hydrogen (secondary N) is 2. The van der Waals surface area contributed by atoms with Crippen molar-refractivity contribution < 1.29 is 19.4 Å². The van der Waals surface area contributed by atoms with Crippen LogP contribution < -0.4 is 10.6 Å².